The molecule has 1 saturated heterocycles. The molecule has 0 radical (unpaired) electrons. The molecule has 0 unspecified atom stereocenters. The first-order chi connectivity index (χ1) is 11.6. The van der Waals surface area contributed by atoms with E-state index in [2.05, 4.69) is 5.32 Å². The summed E-state index contributed by atoms with van der Waals surface area (Å²) in [6.07, 6.45) is 1.17. The average Bonchev–Trinajstić information content (AvgIpc) is 2.61. The first kappa shape index (κ1) is 17.9. The predicted octanol–water partition coefficient (Wildman–Crippen LogP) is 2.51. The zero-order valence-corrected chi connectivity index (χ0v) is 14.3. The van der Waals surface area contributed by atoms with Gasteiger partial charge in [-0.3, -0.25) is 4.79 Å². The van der Waals surface area contributed by atoms with Crippen LogP contribution in [0.5, 0.6) is 11.5 Å². The maximum Gasteiger partial charge on any atom is 0.409 e. The number of benzene rings is 1. The first-order valence-corrected chi connectivity index (χ1v) is 8.03. The van der Waals surface area contributed by atoms with E-state index < -0.39 is 0 Å². The fraction of sp³-hybridized carbons (Fsp3) is 0.529. The van der Waals surface area contributed by atoms with E-state index in [1.54, 1.807) is 44.2 Å². The van der Waals surface area contributed by atoms with Crippen molar-refractivity contribution in [1.82, 2.24) is 4.90 Å². The van der Waals surface area contributed by atoms with Crippen molar-refractivity contribution in [3.8, 4) is 11.5 Å². The van der Waals surface area contributed by atoms with Gasteiger partial charge in [-0.2, -0.15) is 0 Å². The van der Waals surface area contributed by atoms with Crippen LogP contribution in [0.25, 0.3) is 0 Å². The number of ether oxygens (including phenoxy) is 3. The number of nitrogens with zero attached hydrogens (tertiary/aromatic N) is 1. The van der Waals surface area contributed by atoms with Gasteiger partial charge in [-0.05, 0) is 31.9 Å². The molecule has 24 heavy (non-hydrogen) atoms. The predicted molar refractivity (Wildman–Crippen MR) is 89.5 cm³/mol. The highest BCUT2D eigenvalue weighted by atomic mass is 16.6. The molecule has 2 rings (SSSR count). The molecule has 2 amide bonds. The quantitative estimate of drug-likeness (QED) is 0.894. The Morgan fingerprint density at radius 2 is 2.00 bits per heavy atom. The summed E-state index contributed by atoms with van der Waals surface area (Å²) in [5.41, 5.74) is 0.630. The molecule has 0 bridgehead atoms. The van der Waals surface area contributed by atoms with Crippen LogP contribution in [0.1, 0.15) is 19.8 Å². The summed E-state index contributed by atoms with van der Waals surface area (Å²) < 4.78 is 15.4. The van der Waals surface area contributed by atoms with Crippen LogP contribution in [0, 0.1) is 5.92 Å². The molecular weight excluding hydrogens is 312 g/mol. The van der Waals surface area contributed by atoms with Crippen molar-refractivity contribution in [2.24, 2.45) is 5.92 Å². The van der Waals surface area contributed by atoms with E-state index >= 15 is 0 Å². The van der Waals surface area contributed by atoms with Crippen LogP contribution in [0.3, 0.4) is 0 Å². The molecule has 132 valence electrons. The van der Waals surface area contributed by atoms with Crippen molar-refractivity contribution in [3.63, 3.8) is 0 Å². The highest BCUT2D eigenvalue weighted by Crippen LogP contribution is 2.30. The number of carbonyl (C=O) groups is 2. The van der Waals surface area contributed by atoms with Crippen molar-refractivity contribution >= 4 is 17.7 Å². The third-order valence-corrected chi connectivity index (χ3v) is 3.97. The number of hydrogen-bond donors (Lipinski definition) is 1. The number of rotatable bonds is 5. The summed E-state index contributed by atoms with van der Waals surface area (Å²) in [6, 6.07) is 5.20. The molecule has 1 aromatic rings. The fourth-order valence-electron chi connectivity index (χ4n) is 2.73. The molecule has 7 heteroatoms. The Labute approximate surface area is 141 Å². The van der Waals surface area contributed by atoms with Gasteiger partial charge in [0.25, 0.3) is 0 Å². The van der Waals surface area contributed by atoms with Gasteiger partial charge < -0.3 is 24.4 Å². The first-order valence-electron chi connectivity index (χ1n) is 8.03. The molecule has 7 nitrogen and oxygen atoms in total. The summed E-state index contributed by atoms with van der Waals surface area (Å²) >= 11 is 0. The molecule has 0 aliphatic carbocycles. The second kappa shape index (κ2) is 8.42. The van der Waals surface area contributed by atoms with Gasteiger partial charge in [0.15, 0.2) is 11.5 Å². The van der Waals surface area contributed by atoms with Crippen LogP contribution in [0.15, 0.2) is 18.2 Å². The van der Waals surface area contributed by atoms with Gasteiger partial charge in [-0.25, -0.2) is 4.79 Å². The van der Waals surface area contributed by atoms with Gasteiger partial charge in [0.1, 0.15) is 0 Å². The Balaban J connectivity index is 2.00. The van der Waals surface area contributed by atoms with Crippen LogP contribution in [-0.4, -0.2) is 50.8 Å². The molecule has 1 aliphatic heterocycles. The lowest BCUT2D eigenvalue weighted by atomic mass is 9.97. The minimum Gasteiger partial charge on any atom is -0.493 e. The minimum absolute atomic E-state index is 0.115. The molecular formula is C17H24N2O5. The van der Waals surface area contributed by atoms with Crippen molar-refractivity contribution in [2.45, 2.75) is 19.8 Å². The van der Waals surface area contributed by atoms with E-state index in [1.807, 2.05) is 0 Å². The van der Waals surface area contributed by atoms with E-state index in [-0.39, 0.29) is 17.9 Å². The van der Waals surface area contributed by atoms with Crippen LogP contribution in [0.4, 0.5) is 10.5 Å². The zero-order chi connectivity index (χ0) is 17.5. The Morgan fingerprint density at radius 1 is 1.25 bits per heavy atom. The number of nitrogens with one attached hydrogen (secondary N) is 1. The van der Waals surface area contributed by atoms with E-state index in [0.717, 1.165) is 12.8 Å². The standard InChI is InChI=1S/C17H24N2O5/c1-4-24-17(21)19-9-5-6-12(11-19)16(20)18-13-7-8-14(22-2)15(10-13)23-3/h7-8,10,12H,4-6,9,11H2,1-3H3,(H,18,20)/t12-/m0/s1. The number of methoxy groups -OCH3 is 2. The van der Waals surface area contributed by atoms with Crippen molar-refractivity contribution < 1.29 is 23.8 Å². The summed E-state index contributed by atoms with van der Waals surface area (Å²) in [5, 5.41) is 2.88. The fourth-order valence-corrected chi connectivity index (χ4v) is 2.73. The van der Waals surface area contributed by atoms with Crippen molar-refractivity contribution in [2.75, 3.05) is 39.2 Å². The highest BCUT2D eigenvalue weighted by molar-refractivity contribution is 5.93. The zero-order valence-electron chi connectivity index (χ0n) is 14.3. The van der Waals surface area contributed by atoms with Crippen LogP contribution in [-0.2, 0) is 9.53 Å². The minimum atomic E-state index is -0.360. The molecule has 0 saturated carbocycles. The second-order valence-electron chi connectivity index (χ2n) is 5.54. The number of anilines is 1. The Kier molecular flexibility index (Phi) is 6.28. The van der Waals surface area contributed by atoms with E-state index in [0.29, 0.717) is 36.9 Å². The van der Waals surface area contributed by atoms with Crippen molar-refractivity contribution in [3.05, 3.63) is 18.2 Å². The highest BCUT2D eigenvalue weighted by Gasteiger charge is 2.29. The van der Waals surface area contributed by atoms with Crippen LogP contribution in [0.2, 0.25) is 0 Å². The van der Waals surface area contributed by atoms with Gasteiger partial charge in [0.05, 0.1) is 26.7 Å². The lowest BCUT2D eigenvalue weighted by Gasteiger charge is -2.31. The van der Waals surface area contributed by atoms with Gasteiger partial charge in [0, 0.05) is 24.8 Å². The number of amides is 2. The monoisotopic (exact) mass is 336 g/mol. The molecule has 1 fully saturated rings. The molecule has 1 heterocycles. The van der Waals surface area contributed by atoms with Gasteiger partial charge >= 0.3 is 6.09 Å². The second-order valence-corrected chi connectivity index (χ2v) is 5.54. The SMILES string of the molecule is CCOC(=O)N1CCC[C@H](C(=O)Nc2ccc(OC)c(OC)c2)C1. The third kappa shape index (κ3) is 4.31. The third-order valence-electron chi connectivity index (χ3n) is 3.97. The van der Waals surface area contributed by atoms with Crippen LogP contribution < -0.4 is 14.8 Å². The van der Waals surface area contributed by atoms with Gasteiger partial charge in [0.2, 0.25) is 5.91 Å². The molecule has 1 aromatic carbocycles. The smallest absolute Gasteiger partial charge is 0.409 e. The maximum absolute atomic E-state index is 12.5. The Hall–Kier alpha value is -2.44. The average molecular weight is 336 g/mol. The normalized spacial score (nSPS) is 17.1. The topological polar surface area (TPSA) is 77.1 Å². The Bertz CT molecular complexity index is 590. The molecule has 0 spiro atoms. The van der Waals surface area contributed by atoms with E-state index in [4.69, 9.17) is 14.2 Å². The summed E-state index contributed by atoms with van der Waals surface area (Å²) in [6.45, 7) is 3.10. The molecule has 0 aromatic heterocycles. The number of hydrogen-bond acceptors (Lipinski definition) is 5. The van der Waals surface area contributed by atoms with Gasteiger partial charge in [-0.1, -0.05) is 0 Å². The van der Waals surface area contributed by atoms with E-state index in [1.165, 1.54) is 0 Å². The van der Waals surface area contributed by atoms with Gasteiger partial charge in [-0.15, -0.1) is 0 Å². The number of likely N-dealkylation sites (tertiary alicyclic amines) is 1. The summed E-state index contributed by atoms with van der Waals surface area (Å²) in [5.74, 6) is 0.779. The molecule has 1 N–H and O–H groups in total. The van der Waals surface area contributed by atoms with Crippen LogP contribution >= 0.6 is 0 Å². The van der Waals surface area contributed by atoms with E-state index in [9.17, 15) is 9.59 Å². The maximum atomic E-state index is 12.5. The Morgan fingerprint density at radius 3 is 2.67 bits per heavy atom. The lowest BCUT2D eigenvalue weighted by molar-refractivity contribution is -0.121. The molecule has 1 atom stereocenters. The summed E-state index contributed by atoms with van der Waals surface area (Å²) in [4.78, 5) is 25.9. The molecule has 1 aliphatic rings. The van der Waals surface area contributed by atoms with Crippen molar-refractivity contribution in [1.29, 1.82) is 0 Å². The number of piperidine rings is 1. The summed E-state index contributed by atoms with van der Waals surface area (Å²) in [7, 11) is 3.10. The number of carbonyl (C=O) groups excluding carboxylic acids is 2. The lowest BCUT2D eigenvalue weighted by Crippen LogP contribution is -2.44. The largest absolute Gasteiger partial charge is 0.493 e.